The lowest BCUT2D eigenvalue weighted by Gasteiger charge is -2.05. The smallest absolute Gasteiger partial charge is 0.123 e. The second-order valence-corrected chi connectivity index (χ2v) is 4.41. The summed E-state index contributed by atoms with van der Waals surface area (Å²) >= 11 is 0. The number of aryl methyl sites for hydroxylation is 1. The lowest BCUT2D eigenvalue weighted by Crippen LogP contribution is -1.97. The van der Waals surface area contributed by atoms with Crippen LogP contribution in [-0.2, 0) is 6.54 Å². The highest BCUT2D eigenvalue weighted by molar-refractivity contribution is 5.62. The van der Waals surface area contributed by atoms with Crippen molar-refractivity contribution < 1.29 is 4.42 Å². The molecule has 2 aromatic heterocycles. The van der Waals surface area contributed by atoms with Crippen molar-refractivity contribution in [1.82, 2.24) is 10.2 Å². The van der Waals surface area contributed by atoms with E-state index in [1.807, 2.05) is 37.3 Å². The molecular formula is C15H15N3O. The summed E-state index contributed by atoms with van der Waals surface area (Å²) in [5.41, 5.74) is 3.21. The monoisotopic (exact) mass is 253 g/mol. The van der Waals surface area contributed by atoms with Gasteiger partial charge in [-0.2, -0.15) is 5.10 Å². The molecule has 0 aliphatic heterocycles. The number of nitrogens with one attached hydrogen (secondary N) is 2. The maximum absolute atomic E-state index is 5.51. The Hall–Kier alpha value is -2.49. The standard InChI is InChI=1S/C15H15N3O/c1-11-2-7-14(19-11)10-16-13-5-3-12(4-6-13)15-8-9-17-18-15/h2-9,16H,10H2,1H3,(H,17,18). The highest BCUT2D eigenvalue weighted by Gasteiger charge is 2.00. The predicted octanol–water partition coefficient (Wildman–Crippen LogP) is 3.59. The first-order valence-corrected chi connectivity index (χ1v) is 6.20. The number of aromatic nitrogens is 2. The average Bonchev–Trinajstić information content (AvgIpc) is 3.08. The molecule has 4 nitrogen and oxygen atoms in total. The molecule has 0 amide bonds. The third kappa shape index (κ3) is 2.68. The van der Waals surface area contributed by atoms with E-state index in [1.165, 1.54) is 0 Å². The first-order chi connectivity index (χ1) is 9.31. The summed E-state index contributed by atoms with van der Waals surface area (Å²) in [6, 6.07) is 14.1. The molecule has 0 atom stereocenters. The quantitative estimate of drug-likeness (QED) is 0.747. The second-order valence-electron chi connectivity index (χ2n) is 4.41. The Morgan fingerprint density at radius 3 is 2.58 bits per heavy atom. The Kier molecular flexibility index (Phi) is 3.06. The molecule has 0 fully saturated rings. The molecule has 3 rings (SSSR count). The van der Waals surface area contributed by atoms with Gasteiger partial charge in [0.1, 0.15) is 11.5 Å². The molecule has 2 heterocycles. The average molecular weight is 253 g/mol. The summed E-state index contributed by atoms with van der Waals surface area (Å²) in [6.07, 6.45) is 1.75. The highest BCUT2D eigenvalue weighted by atomic mass is 16.3. The summed E-state index contributed by atoms with van der Waals surface area (Å²) < 4.78 is 5.51. The number of hydrogen-bond donors (Lipinski definition) is 2. The molecule has 4 heteroatoms. The van der Waals surface area contributed by atoms with Crippen molar-refractivity contribution in [1.29, 1.82) is 0 Å². The van der Waals surface area contributed by atoms with E-state index < -0.39 is 0 Å². The molecule has 2 N–H and O–H groups in total. The minimum absolute atomic E-state index is 0.692. The van der Waals surface area contributed by atoms with Crippen LogP contribution in [0.5, 0.6) is 0 Å². The first-order valence-electron chi connectivity index (χ1n) is 6.20. The van der Waals surface area contributed by atoms with E-state index >= 15 is 0 Å². The van der Waals surface area contributed by atoms with Gasteiger partial charge in [0.25, 0.3) is 0 Å². The first kappa shape index (κ1) is 11.6. The number of benzene rings is 1. The Bertz CT molecular complexity index is 638. The van der Waals surface area contributed by atoms with Gasteiger partial charge in [-0.05, 0) is 42.8 Å². The van der Waals surface area contributed by atoms with Gasteiger partial charge in [-0.1, -0.05) is 12.1 Å². The van der Waals surface area contributed by atoms with Crippen molar-refractivity contribution in [2.75, 3.05) is 5.32 Å². The maximum atomic E-state index is 5.51. The van der Waals surface area contributed by atoms with Crippen LogP contribution >= 0.6 is 0 Å². The maximum Gasteiger partial charge on any atom is 0.123 e. The molecule has 3 aromatic rings. The minimum Gasteiger partial charge on any atom is -0.465 e. The zero-order valence-corrected chi connectivity index (χ0v) is 10.7. The van der Waals surface area contributed by atoms with Crippen LogP contribution in [0, 0.1) is 6.92 Å². The summed E-state index contributed by atoms with van der Waals surface area (Å²) in [5.74, 6) is 1.88. The Labute approximate surface area is 111 Å². The lowest BCUT2D eigenvalue weighted by molar-refractivity contribution is 0.490. The zero-order chi connectivity index (χ0) is 13.1. The predicted molar refractivity (Wildman–Crippen MR) is 74.8 cm³/mol. The normalized spacial score (nSPS) is 10.6. The molecule has 0 radical (unpaired) electrons. The van der Waals surface area contributed by atoms with E-state index in [9.17, 15) is 0 Å². The van der Waals surface area contributed by atoms with Gasteiger partial charge in [-0.3, -0.25) is 5.10 Å². The van der Waals surface area contributed by atoms with Gasteiger partial charge in [-0.15, -0.1) is 0 Å². The van der Waals surface area contributed by atoms with Crippen molar-refractivity contribution in [3.05, 3.63) is 60.2 Å². The van der Waals surface area contributed by atoms with E-state index in [-0.39, 0.29) is 0 Å². The van der Waals surface area contributed by atoms with Crippen molar-refractivity contribution in [3.63, 3.8) is 0 Å². The van der Waals surface area contributed by atoms with Gasteiger partial charge in [0.2, 0.25) is 0 Å². The number of nitrogens with zero attached hydrogens (tertiary/aromatic N) is 1. The van der Waals surface area contributed by atoms with Gasteiger partial charge in [0, 0.05) is 11.9 Å². The minimum atomic E-state index is 0.692. The van der Waals surface area contributed by atoms with E-state index in [4.69, 9.17) is 4.42 Å². The number of hydrogen-bond acceptors (Lipinski definition) is 3. The van der Waals surface area contributed by atoms with Crippen LogP contribution in [0.2, 0.25) is 0 Å². The molecular weight excluding hydrogens is 238 g/mol. The lowest BCUT2D eigenvalue weighted by atomic mass is 10.1. The van der Waals surface area contributed by atoms with Crippen molar-refractivity contribution in [2.45, 2.75) is 13.5 Å². The molecule has 0 bridgehead atoms. The largest absolute Gasteiger partial charge is 0.465 e. The number of aromatic amines is 1. The second kappa shape index (κ2) is 5.02. The molecule has 0 spiro atoms. The van der Waals surface area contributed by atoms with Crippen molar-refractivity contribution in [3.8, 4) is 11.3 Å². The Morgan fingerprint density at radius 1 is 1.11 bits per heavy atom. The van der Waals surface area contributed by atoms with E-state index in [0.717, 1.165) is 28.5 Å². The summed E-state index contributed by atoms with van der Waals surface area (Å²) in [4.78, 5) is 0. The molecule has 0 saturated carbocycles. The molecule has 0 unspecified atom stereocenters. The number of furan rings is 1. The van der Waals surface area contributed by atoms with E-state index in [1.54, 1.807) is 6.20 Å². The van der Waals surface area contributed by atoms with Crippen LogP contribution in [0.15, 0.2) is 53.1 Å². The van der Waals surface area contributed by atoms with Gasteiger partial charge in [0.05, 0.1) is 12.2 Å². The topological polar surface area (TPSA) is 53.9 Å². The van der Waals surface area contributed by atoms with Crippen LogP contribution in [0.1, 0.15) is 11.5 Å². The molecule has 19 heavy (non-hydrogen) atoms. The van der Waals surface area contributed by atoms with Gasteiger partial charge < -0.3 is 9.73 Å². The molecule has 0 aliphatic rings. The molecule has 96 valence electrons. The van der Waals surface area contributed by atoms with Crippen LogP contribution in [-0.4, -0.2) is 10.2 Å². The van der Waals surface area contributed by atoms with E-state index in [0.29, 0.717) is 6.54 Å². The summed E-state index contributed by atoms with van der Waals surface area (Å²) in [7, 11) is 0. The van der Waals surface area contributed by atoms with Crippen LogP contribution < -0.4 is 5.32 Å². The SMILES string of the molecule is Cc1ccc(CNc2ccc(-c3ccn[nH]3)cc2)o1. The number of rotatable bonds is 4. The third-order valence-corrected chi connectivity index (χ3v) is 2.96. The number of H-pyrrole nitrogens is 1. The van der Waals surface area contributed by atoms with E-state index in [2.05, 4.69) is 27.6 Å². The van der Waals surface area contributed by atoms with Gasteiger partial charge >= 0.3 is 0 Å². The van der Waals surface area contributed by atoms with Gasteiger partial charge in [0.15, 0.2) is 0 Å². The van der Waals surface area contributed by atoms with Gasteiger partial charge in [-0.25, -0.2) is 0 Å². The molecule has 0 aliphatic carbocycles. The van der Waals surface area contributed by atoms with Crippen LogP contribution in [0.3, 0.4) is 0 Å². The Balaban J connectivity index is 1.66. The van der Waals surface area contributed by atoms with Crippen molar-refractivity contribution >= 4 is 5.69 Å². The third-order valence-electron chi connectivity index (χ3n) is 2.96. The fourth-order valence-electron chi connectivity index (χ4n) is 1.95. The summed E-state index contributed by atoms with van der Waals surface area (Å²) in [6.45, 7) is 2.64. The molecule has 1 aromatic carbocycles. The van der Waals surface area contributed by atoms with Crippen LogP contribution in [0.25, 0.3) is 11.3 Å². The van der Waals surface area contributed by atoms with Crippen LogP contribution in [0.4, 0.5) is 5.69 Å². The fourth-order valence-corrected chi connectivity index (χ4v) is 1.95. The highest BCUT2D eigenvalue weighted by Crippen LogP contribution is 2.19. The number of anilines is 1. The molecule has 0 saturated heterocycles. The summed E-state index contributed by atoms with van der Waals surface area (Å²) in [5, 5.41) is 10.2. The Morgan fingerprint density at radius 2 is 1.95 bits per heavy atom. The zero-order valence-electron chi connectivity index (χ0n) is 10.7. The fraction of sp³-hybridized carbons (Fsp3) is 0.133. The van der Waals surface area contributed by atoms with Crippen molar-refractivity contribution in [2.24, 2.45) is 0 Å².